The van der Waals surface area contributed by atoms with Crippen LogP contribution in [0.4, 0.5) is 22.0 Å². The third kappa shape index (κ3) is 1.52. The van der Waals surface area contributed by atoms with Crippen molar-refractivity contribution in [3.8, 4) is 0 Å². The van der Waals surface area contributed by atoms with Gasteiger partial charge in [0.15, 0.2) is 5.69 Å². The number of rotatable bonds is 2. The third-order valence-electron chi connectivity index (χ3n) is 4.01. The number of carbonyl (C=O) groups excluding carboxylic acids is 1. The van der Waals surface area contributed by atoms with Gasteiger partial charge in [-0.25, -0.2) is 0 Å². The van der Waals surface area contributed by atoms with E-state index >= 15 is 0 Å². The average Bonchev–Trinajstić information content (AvgIpc) is 2.66. The molecule has 3 atom stereocenters. The number of halogens is 5. The van der Waals surface area contributed by atoms with Crippen molar-refractivity contribution in [2.45, 2.75) is 31.5 Å². The smallest absolute Gasteiger partial charge is 0.368 e. The number of amides is 1. The van der Waals surface area contributed by atoms with Crippen LogP contribution in [0.2, 0.25) is 0 Å². The minimum Gasteiger partial charge on any atom is -0.368 e. The second-order valence-electron chi connectivity index (χ2n) is 5.27. The molecule has 0 unspecified atom stereocenters. The molecule has 0 aliphatic heterocycles. The van der Waals surface area contributed by atoms with Crippen LogP contribution in [-0.4, -0.2) is 15.7 Å². The maximum Gasteiger partial charge on any atom is 0.435 e. The highest BCUT2D eigenvalue weighted by molar-refractivity contribution is 5.73. The summed E-state index contributed by atoms with van der Waals surface area (Å²) in [6.45, 7) is 0.694. The SMILES string of the molecule is C[C@@H]1[C@@H]2c3c(C(F)(F)F)nn(CC(N)=O)c3C(F)(F)[C@H]12. The van der Waals surface area contributed by atoms with E-state index in [0.29, 0.717) is 4.68 Å². The number of carbonyl (C=O) groups is 1. The molecule has 2 N–H and O–H groups in total. The standard InChI is InChI=1S/C11H10F5N3O/c1-3-5-6-8(11(14,15)16)18-19(2-4(17)20)9(6)10(12,13)7(3)5/h3,5,7H,2H2,1H3,(H2,17,20)/t3-,5-,7-/m1/s1. The summed E-state index contributed by atoms with van der Waals surface area (Å²) < 4.78 is 67.5. The number of nitrogens with two attached hydrogens (primary N) is 1. The molecule has 0 saturated heterocycles. The summed E-state index contributed by atoms with van der Waals surface area (Å²) in [5, 5.41) is 3.16. The van der Waals surface area contributed by atoms with Crippen molar-refractivity contribution in [1.29, 1.82) is 0 Å². The van der Waals surface area contributed by atoms with E-state index in [4.69, 9.17) is 5.73 Å². The zero-order valence-corrected chi connectivity index (χ0v) is 10.2. The largest absolute Gasteiger partial charge is 0.435 e. The highest BCUT2D eigenvalue weighted by Gasteiger charge is 2.72. The summed E-state index contributed by atoms with van der Waals surface area (Å²) in [5.74, 6) is -6.95. The monoisotopic (exact) mass is 295 g/mol. The van der Waals surface area contributed by atoms with Crippen LogP contribution in [0.15, 0.2) is 0 Å². The average molecular weight is 295 g/mol. The van der Waals surface area contributed by atoms with Crippen LogP contribution >= 0.6 is 0 Å². The number of nitrogens with zero attached hydrogens (tertiary/aromatic N) is 2. The van der Waals surface area contributed by atoms with Gasteiger partial charge in [-0.15, -0.1) is 0 Å². The minimum absolute atomic E-state index is 0.402. The first-order chi connectivity index (χ1) is 9.06. The van der Waals surface area contributed by atoms with Crippen LogP contribution in [0.1, 0.15) is 29.8 Å². The molecule has 110 valence electrons. The van der Waals surface area contributed by atoms with Crippen molar-refractivity contribution in [2.24, 2.45) is 17.6 Å². The Hall–Kier alpha value is -1.67. The zero-order valence-electron chi connectivity index (χ0n) is 10.2. The lowest BCUT2D eigenvalue weighted by Crippen LogP contribution is -2.26. The number of primary amides is 1. The number of hydrogen-bond acceptors (Lipinski definition) is 2. The van der Waals surface area contributed by atoms with Gasteiger partial charge < -0.3 is 5.73 Å². The molecule has 9 heteroatoms. The van der Waals surface area contributed by atoms with Crippen LogP contribution in [0.25, 0.3) is 0 Å². The fourth-order valence-electron chi connectivity index (χ4n) is 3.23. The van der Waals surface area contributed by atoms with Gasteiger partial charge in [0.2, 0.25) is 5.91 Å². The summed E-state index contributed by atoms with van der Waals surface area (Å²) in [6.07, 6.45) is -4.83. The van der Waals surface area contributed by atoms with Crippen molar-refractivity contribution in [3.05, 3.63) is 17.0 Å². The van der Waals surface area contributed by atoms with Crippen LogP contribution in [0, 0.1) is 11.8 Å². The lowest BCUT2D eigenvalue weighted by Gasteiger charge is -2.15. The lowest BCUT2D eigenvalue weighted by molar-refractivity contribution is -0.142. The van der Waals surface area contributed by atoms with Crippen molar-refractivity contribution in [2.75, 3.05) is 0 Å². The predicted octanol–water partition coefficient (Wildman–Crippen LogP) is 1.84. The third-order valence-corrected chi connectivity index (χ3v) is 4.01. The molecule has 0 aromatic carbocycles. The Morgan fingerprint density at radius 2 is 2.05 bits per heavy atom. The van der Waals surface area contributed by atoms with E-state index in [1.54, 1.807) is 0 Å². The summed E-state index contributed by atoms with van der Waals surface area (Å²) in [5.41, 5.74) is 2.26. The quantitative estimate of drug-likeness (QED) is 0.846. The molecule has 1 saturated carbocycles. The Labute approximate surface area is 109 Å². The molecule has 1 amide bonds. The van der Waals surface area contributed by atoms with Crippen molar-refractivity contribution in [3.63, 3.8) is 0 Å². The van der Waals surface area contributed by atoms with E-state index in [2.05, 4.69) is 5.10 Å². The van der Waals surface area contributed by atoms with Gasteiger partial charge in [-0.05, 0) is 5.92 Å². The second kappa shape index (κ2) is 3.50. The van der Waals surface area contributed by atoms with Crippen LogP contribution < -0.4 is 5.73 Å². The Morgan fingerprint density at radius 1 is 1.45 bits per heavy atom. The van der Waals surface area contributed by atoms with Crippen LogP contribution in [0.3, 0.4) is 0 Å². The fourth-order valence-corrected chi connectivity index (χ4v) is 3.23. The molecule has 2 aliphatic rings. The maximum atomic E-state index is 14.2. The minimum atomic E-state index is -4.83. The van der Waals surface area contributed by atoms with E-state index in [-0.39, 0.29) is 0 Å². The zero-order chi connectivity index (χ0) is 15.0. The molecular weight excluding hydrogens is 285 g/mol. The summed E-state index contributed by atoms with van der Waals surface area (Å²) in [7, 11) is 0. The molecule has 2 aliphatic carbocycles. The lowest BCUT2D eigenvalue weighted by atomic mass is 10.1. The van der Waals surface area contributed by atoms with E-state index in [9.17, 15) is 26.7 Å². The van der Waals surface area contributed by atoms with Crippen LogP contribution in [-0.2, 0) is 23.4 Å². The van der Waals surface area contributed by atoms with Gasteiger partial charge in [0, 0.05) is 17.4 Å². The van der Waals surface area contributed by atoms with Gasteiger partial charge in [-0.3, -0.25) is 9.48 Å². The van der Waals surface area contributed by atoms with E-state index in [1.807, 2.05) is 0 Å². The molecule has 1 aromatic heterocycles. The molecule has 4 nitrogen and oxygen atoms in total. The van der Waals surface area contributed by atoms with Gasteiger partial charge in [0.05, 0.1) is 0 Å². The molecule has 3 rings (SSSR count). The summed E-state index contributed by atoms with van der Waals surface area (Å²) in [4.78, 5) is 10.8. The van der Waals surface area contributed by atoms with Gasteiger partial charge in [-0.2, -0.15) is 27.1 Å². The van der Waals surface area contributed by atoms with Gasteiger partial charge >= 0.3 is 6.18 Å². The molecule has 0 spiro atoms. The maximum absolute atomic E-state index is 14.2. The Morgan fingerprint density at radius 3 is 2.55 bits per heavy atom. The first-order valence-electron chi connectivity index (χ1n) is 5.91. The van der Waals surface area contributed by atoms with Gasteiger partial charge in [0.1, 0.15) is 12.2 Å². The molecular formula is C11H10F5N3O. The first kappa shape index (κ1) is 13.3. The molecule has 1 aromatic rings. The number of aromatic nitrogens is 2. The summed E-state index contributed by atoms with van der Waals surface area (Å²) >= 11 is 0. The topological polar surface area (TPSA) is 60.9 Å². The van der Waals surface area contributed by atoms with Crippen molar-refractivity contribution < 1.29 is 26.7 Å². The normalized spacial score (nSPS) is 30.0. The highest BCUT2D eigenvalue weighted by atomic mass is 19.4. The van der Waals surface area contributed by atoms with Crippen molar-refractivity contribution in [1.82, 2.24) is 9.78 Å². The molecule has 1 heterocycles. The van der Waals surface area contributed by atoms with Gasteiger partial charge in [-0.1, -0.05) is 6.92 Å². The molecule has 0 bridgehead atoms. The number of alkyl halides is 5. The van der Waals surface area contributed by atoms with Crippen molar-refractivity contribution >= 4 is 5.91 Å². The van der Waals surface area contributed by atoms with E-state index < -0.39 is 59.3 Å². The molecule has 20 heavy (non-hydrogen) atoms. The first-order valence-corrected chi connectivity index (χ1v) is 5.91. The predicted molar refractivity (Wildman–Crippen MR) is 55.7 cm³/mol. The van der Waals surface area contributed by atoms with E-state index in [1.165, 1.54) is 6.92 Å². The Kier molecular flexibility index (Phi) is 2.33. The fraction of sp³-hybridized carbons (Fsp3) is 0.636. The molecule has 1 fully saturated rings. The Bertz CT molecular complexity index is 606. The second-order valence-corrected chi connectivity index (χ2v) is 5.27. The number of hydrogen-bond donors (Lipinski definition) is 1. The van der Waals surface area contributed by atoms with Crippen LogP contribution in [0.5, 0.6) is 0 Å². The molecule has 0 radical (unpaired) electrons. The Balaban J connectivity index is 2.21. The number of fused-ring (bicyclic) bond motifs is 3. The summed E-state index contributed by atoms with van der Waals surface area (Å²) in [6, 6.07) is 0. The highest BCUT2D eigenvalue weighted by Crippen LogP contribution is 2.71. The van der Waals surface area contributed by atoms with E-state index in [0.717, 1.165) is 0 Å². The van der Waals surface area contributed by atoms with Gasteiger partial charge in [0.25, 0.3) is 5.92 Å².